The van der Waals surface area contributed by atoms with Gasteiger partial charge in [0, 0.05) is 12.8 Å². The standard InChI is InChI=1S/C6H10O3/c7-5-3-1-2-4-6(5)9-8/h7-8H,1-4H2. The van der Waals surface area contributed by atoms with Crippen molar-refractivity contribution >= 4 is 0 Å². The molecular weight excluding hydrogens is 120 g/mol. The zero-order valence-electron chi connectivity index (χ0n) is 5.13. The van der Waals surface area contributed by atoms with Gasteiger partial charge in [-0.15, -0.1) is 0 Å². The number of hydrogen-bond acceptors (Lipinski definition) is 3. The van der Waals surface area contributed by atoms with Crippen LogP contribution in [0.1, 0.15) is 25.7 Å². The molecule has 2 N–H and O–H groups in total. The molecule has 1 aliphatic rings. The van der Waals surface area contributed by atoms with Crippen LogP contribution < -0.4 is 0 Å². The predicted molar refractivity (Wildman–Crippen MR) is 31.8 cm³/mol. The number of rotatable bonds is 1. The maximum absolute atomic E-state index is 8.96. The first-order valence-corrected chi connectivity index (χ1v) is 3.07. The Hall–Kier alpha value is -0.700. The Bertz CT molecular complexity index is 128. The maximum atomic E-state index is 8.96. The molecule has 0 aromatic carbocycles. The lowest BCUT2D eigenvalue weighted by molar-refractivity contribution is -0.210. The monoisotopic (exact) mass is 130 g/mol. The van der Waals surface area contributed by atoms with Crippen LogP contribution in [-0.4, -0.2) is 10.4 Å². The quantitative estimate of drug-likeness (QED) is 0.420. The van der Waals surface area contributed by atoms with Gasteiger partial charge in [0.2, 0.25) is 0 Å². The lowest BCUT2D eigenvalue weighted by Gasteiger charge is -2.11. The SMILES string of the molecule is OOC1=C(O)CCCC1. The fourth-order valence-corrected chi connectivity index (χ4v) is 0.960. The molecule has 1 rings (SSSR count). The van der Waals surface area contributed by atoms with Gasteiger partial charge in [-0.05, 0) is 12.8 Å². The van der Waals surface area contributed by atoms with E-state index < -0.39 is 0 Å². The molecule has 1 aliphatic carbocycles. The minimum atomic E-state index is 0.198. The zero-order valence-corrected chi connectivity index (χ0v) is 5.13. The highest BCUT2D eigenvalue weighted by Gasteiger charge is 2.12. The van der Waals surface area contributed by atoms with Gasteiger partial charge in [0.15, 0.2) is 5.76 Å². The third kappa shape index (κ3) is 1.36. The van der Waals surface area contributed by atoms with Crippen LogP contribution in [0, 0.1) is 0 Å². The lowest BCUT2D eigenvalue weighted by Crippen LogP contribution is -2.00. The molecule has 3 heteroatoms. The Balaban J connectivity index is 2.59. The third-order valence-corrected chi connectivity index (χ3v) is 1.50. The molecule has 0 bridgehead atoms. The fraction of sp³-hybridized carbons (Fsp3) is 0.667. The highest BCUT2D eigenvalue weighted by molar-refractivity contribution is 5.02. The minimum Gasteiger partial charge on any atom is -0.509 e. The first-order chi connectivity index (χ1) is 4.34. The van der Waals surface area contributed by atoms with Crippen molar-refractivity contribution in [3.8, 4) is 0 Å². The Labute approximate surface area is 53.5 Å². The maximum Gasteiger partial charge on any atom is 0.179 e. The van der Waals surface area contributed by atoms with Gasteiger partial charge >= 0.3 is 0 Å². The van der Waals surface area contributed by atoms with Crippen LogP contribution in [0.2, 0.25) is 0 Å². The third-order valence-electron chi connectivity index (χ3n) is 1.50. The van der Waals surface area contributed by atoms with Crippen molar-refractivity contribution in [3.05, 3.63) is 11.5 Å². The summed E-state index contributed by atoms with van der Waals surface area (Å²) in [7, 11) is 0. The summed E-state index contributed by atoms with van der Waals surface area (Å²) in [6.07, 6.45) is 3.26. The molecule has 0 saturated heterocycles. The topological polar surface area (TPSA) is 49.7 Å². The van der Waals surface area contributed by atoms with Crippen LogP contribution in [-0.2, 0) is 4.89 Å². The summed E-state index contributed by atoms with van der Waals surface area (Å²) < 4.78 is 0. The molecule has 0 atom stereocenters. The van der Waals surface area contributed by atoms with E-state index in [1.165, 1.54) is 0 Å². The zero-order chi connectivity index (χ0) is 6.69. The summed E-state index contributed by atoms with van der Waals surface area (Å²) in [5, 5.41) is 17.1. The van der Waals surface area contributed by atoms with Crippen molar-refractivity contribution in [3.63, 3.8) is 0 Å². The Morgan fingerprint density at radius 2 is 1.89 bits per heavy atom. The highest BCUT2D eigenvalue weighted by Crippen LogP contribution is 2.22. The normalized spacial score (nSPS) is 20.1. The van der Waals surface area contributed by atoms with E-state index in [1.807, 2.05) is 0 Å². The lowest BCUT2D eigenvalue weighted by atomic mass is 10.1. The van der Waals surface area contributed by atoms with Crippen LogP contribution in [0.5, 0.6) is 0 Å². The molecule has 0 radical (unpaired) electrons. The second kappa shape index (κ2) is 2.73. The molecule has 0 spiro atoms. The molecule has 0 fully saturated rings. The second-order valence-electron chi connectivity index (χ2n) is 2.17. The van der Waals surface area contributed by atoms with Gasteiger partial charge in [0.05, 0.1) is 0 Å². The first-order valence-electron chi connectivity index (χ1n) is 3.07. The van der Waals surface area contributed by atoms with Crippen LogP contribution in [0.3, 0.4) is 0 Å². The predicted octanol–water partition coefficient (Wildman–Crippen LogP) is 1.82. The molecule has 0 aromatic rings. The molecule has 0 saturated carbocycles. The van der Waals surface area contributed by atoms with Crippen molar-refractivity contribution in [2.24, 2.45) is 0 Å². The van der Waals surface area contributed by atoms with E-state index in [0.29, 0.717) is 18.6 Å². The van der Waals surface area contributed by atoms with Crippen molar-refractivity contribution < 1.29 is 15.3 Å². The molecule has 0 amide bonds. The summed E-state index contributed by atoms with van der Waals surface area (Å²) in [5.74, 6) is 0.532. The average molecular weight is 130 g/mol. The molecule has 52 valence electrons. The molecule has 0 aromatic heterocycles. The average Bonchev–Trinajstić information content (AvgIpc) is 1.89. The van der Waals surface area contributed by atoms with Crippen LogP contribution >= 0.6 is 0 Å². The Morgan fingerprint density at radius 3 is 2.33 bits per heavy atom. The van der Waals surface area contributed by atoms with E-state index in [4.69, 9.17) is 10.4 Å². The van der Waals surface area contributed by atoms with E-state index in [1.54, 1.807) is 0 Å². The number of aliphatic hydroxyl groups is 1. The summed E-state index contributed by atoms with van der Waals surface area (Å²) in [6, 6.07) is 0. The van der Waals surface area contributed by atoms with Crippen LogP contribution in [0.25, 0.3) is 0 Å². The van der Waals surface area contributed by atoms with Crippen molar-refractivity contribution in [2.75, 3.05) is 0 Å². The summed E-state index contributed by atoms with van der Waals surface area (Å²) in [6.45, 7) is 0. The van der Waals surface area contributed by atoms with Crippen LogP contribution in [0.4, 0.5) is 0 Å². The van der Waals surface area contributed by atoms with E-state index in [9.17, 15) is 0 Å². The van der Waals surface area contributed by atoms with Gasteiger partial charge < -0.3 is 9.99 Å². The van der Waals surface area contributed by atoms with Crippen molar-refractivity contribution in [1.82, 2.24) is 0 Å². The molecule has 9 heavy (non-hydrogen) atoms. The Kier molecular flexibility index (Phi) is 1.95. The van der Waals surface area contributed by atoms with E-state index in [0.717, 1.165) is 12.8 Å². The van der Waals surface area contributed by atoms with E-state index in [-0.39, 0.29) is 5.76 Å². The summed E-state index contributed by atoms with van der Waals surface area (Å²) >= 11 is 0. The van der Waals surface area contributed by atoms with E-state index in [2.05, 4.69) is 4.89 Å². The molecule has 0 aliphatic heterocycles. The van der Waals surface area contributed by atoms with Crippen LogP contribution in [0.15, 0.2) is 11.5 Å². The van der Waals surface area contributed by atoms with Gasteiger partial charge in [0.25, 0.3) is 0 Å². The first kappa shape index (κ1) is 6.42. The Morgan fingerprint density at radius 1 is 1.22 bits per heavy atom. The van der Waals surface area contributed by atoms with Gasteiger partial charge in [-0.3, -0.25) is 0 Å². The van der Waals surface area contributed by atoms with Gasteiger partial charge in [0.1, 0.15) is 5.76 Å². The molecule has 3 nitrogen and oxygen atoms in total. The van der Waals surface area contributed by atoms with Gasteiger partial charge in [-0.25, -0.2) is 5.26 Å². The molecule has 0 unspecified atom stereocenters. The number of allylic oxidation sites excluding steroid dienone is 2. The number of hydrogen-bond donors (Lipinski definition) is 2. The van der Waals surface area contributed by atoms with E-state index >= 15 is 0 Å². The second-order valence-corrected chi connectivity index (χ2v) is 2.17. The largest absolute Gasteiger partial charge is 0.509 e. The van der Waals surface area contributed by atoms with Crippen molar-refractivity contribution in [1.29, 1.82) is 0 Å². The molecular formula is C6H10O3. The van der Waals surface area contributed by atoms with Gasteiger partial charge in [-0.2, -0.15) is 0 Å². The minimum absolute atomic E-state index is 0.198. The smallest absolute Gasteiger partial charge is 0.179 e. The van der Waals surface area contributed by atoms with Crippen molar-refractivity contribution in [2.45, 2.75) is 25.7 Å². The fourth-order valence-electron chi connectivity index (χ4n) is 0.960. The molecule has 0 heterocycles. The van der Waals surface area contributed by atoms with Gasteiger partial charge in [-0.1, -0.05) is 0 Å². The number of aliphatic hydroxyl groups excluding tert-OH is 1. The summed E-state index contributed by atoms with van der Waals surface area (Å²) in [5.41, 5.74) is 0. The highest BCUT2D eigenvalue weighted by atomic mass is 17.1. The summed E-state index contributed by atoms with van der Waals surface area (Å²) in [4.78, 5) is 3.93.